The summed E-state index contributed by atoms with van der Waals surface area (Å²) >= 11 is 10.2. The quantitative estimate of drug-likeness (QED) is 0.189. The minimum atomic E-state index is -3.43. The van der Waals surface area contributed by atoms with E-state index in [1.165, 1.54) is 0 Å². The van der Waals surface area contributed by atoms with E-state index in [1.54, 1.807) is 0 Å². The van der Waals surface area contributed by atoms with Crippen molar-refractivity contribution < 1.29 is 18.8 Å². The molecule has 0 aliphatic rings. The minimum Gasteiger partial charge on any atom is -0.492 e. The van der Waals surface area contributed by atoms with Gasteiger partial charge in [-0.2, -0.15) is 0 Å². The van der Waals surface area contributed by atoms with Crippen LogP contribution in [0.5, 0.6) is 17.2 Å². The topological polar surface area (TPSA) is 44.8 Å². The molecule has 0 fully saturated rings. The molecule has 0 atom stereocenters. The van der Waals surface area contributed by atoms with Crippen LogP contribution in [0.2, 0.25) is 0 Å². The fourth-order valence-corrected chi connectivity index (χ4v) is 6.85. The van der Waals surface area contributed by atoms with Crippen LogP contribution in [0, 0.1) is 0 Å². The molecule has 0 aliphatic carbocycles. The van der Waals surface area contributed by atoms with Gasteiger partial charge in [0.05, 0.1) is 35.7 Å². The summed E-state index contributed by atoms with van der Waals surface area (Å²) in [5, 5.41) is 3.85. The van der Waals surface area contributed by atoms with Crippen LogP contribution in [0.4, 0.5) is 0 Å². The van der Waals surface area contributed by atoms with Crippen LogP contribution in [-0.4, -0.2) is 35.8 Å². The van der Waals surface area contributed by atoms with Crippen molar-refractivity contribution in [2.24, 2.45) is 0 Å². The second-order valence-corrected chi connectivity index (χ2v) is 11.7. The van der Waals surface area contributed by atoms with Gasteiger partial charge in [-0.15, -0.1) is 0 Å². The lowest BCUT2D eigenvalue weighted by Gasteiger charge is -2.26. The van der Waals surface area contributed by atoms with Crippen molar-refractivity contribution in [3.8, 4) is 17.2 Å². The Hall–Kier alpha value is -1.27. The van der Waals surface area contributed by atoms with Crippen LogP contribution in [0.15, 0.2) is 72.8 Å². The summed E-state index contributed by atoms with van der Waals surface area (Å²) in [6, 6.07) is 22.5. The van der Waals surface area contributed by atoms with Crippen LogP contribution in [0.1, 0.15) is 0 Å². The van der Waals surface area contributed by atoms with Crippen molar-refractivity contribution in [1.82, 2.24) is 0 Å². The number of rotatable bonds is 12. The van der Waals surface area contributed by atoms with Gasteiger partial charge in [0.25, 0.3) is 0 Å². The summed E-state index contributed by atoms with van der Waals surface area (Å²) < 4.78 is 33.3. The van der Waals surface area contributed by atoms with Crippen molar-refractivity contribution >= 4 is 70.8 Å². The summed E-state index contributed by atoms with van der Waals surface area (Å²) in [4.78, 5) is 0. The molecule has 0 N–H and O–H groups in total. The van der Waals surface area contributed by atoms with Gasteiger partial charge in [-0.3, -0.25) is 0 Å². The van der Waals surface area contributed by atoms with Crippen LogP contribution in [0.25, 0.3) is 0 Å². The van der Waals surface area contributed by atoms with E-state index in [1.807, 2.05) is 72.8 Å². The third kappa shape index (κ3) is 5.80. The van der Waals surface area contributed by atoms with Gasteiger partial charge in [0.2, 0.25) is 0 Å². The average Bonchev–Trinajstić information content (AvgIpc) is 2.85. The maximum atomic E-state index is 15.3. The molecule has 0 aliphatic heterocycles. The number of halogens is 3. The molecule has 0 unspecified atom stereocenters. The zero-order valence-electron chi connectivity index (χ0n) is 17.4. The molecule has 3 aromatic rings. The van der Waals surface area contributed by atoms with E-state index in [-0.39, 0.29) is 0 Å². The Balaban J connectivity index is 2.30. The highest BCUT2D eigenvalue weighted by molar-refractivity contribution is 9.09. The SMILES string of the molecule is O=P(c1ccccc1OCCBr)(c1ccccc1OCCBr)c1ccccc1OCCBr. The van der Waals surface area contributed by atoms with Gasteiger partial charge in [-0.1, -0.05) is 84.2 Å². The number of alkyl halides is 3. The second kappa shape index (κ2) is 12.8. The van der Waals surface area contributed by atoms with E-state index in [4.69, 9.17) is 14.2 Å². The zero-order chi connectivity index (χ0) is 22.8. The Labute approximate surface area is 214 Å². The maximum absolute atomic E-state index is 15.3. The molecule has 3 rings (SSSR count). The molecule has 0 spiro atoms. The van der Waals surface area contributed by atoms with Crippen LogP contribution in [-0.2, 0) is 4.57 Å². The smallest absolute Gasteiger partial charge is 0.181 e. The monoisotopic (exact) mass is 644 g/mol. The Morgan fingerprint density at radius 3 is 1.09 bits per heavy atom. The lowest BCUT2D eigenvalue weighted by atomic mass is 10.3. The van der Waals surface area contributed by atoms with Gasteiger partial charge in [-0.25, -0.2) is 0 Å². The van der Waals surface area contributed by atoms with Crippen molar-refractivity contribution in [1.29, 1.82) is 0 Å². The van der Waals surface area contributed by atoms with Crippen LogP contribution in [0.3, 0.4) is 0 Å². The van der Waals surface area contributed by atoms with Gasteiger partial charge < -0.3 is 18.8 Å². The fourth-order valence-electron chi connectivity index (χ4n) is 3.35. The van der Waals surface area contributed by atoms with Gasteiger partial charge in [0, 0.05) is 16.0 Å². The molecule has 0 heterocycles. The maximum Gasteiger partial charge on any atom is 0.181 e. The first kappa shape index (κ1) is 25.4. The summed E-state index contributed by atoms with van der Waals surface area (Å²) in [5.74, 6) is 1.75. The fraction of sp³-hybridized carbons (Fsp3) is 0.250. The van der Waals surface area contributed by atoms with Crippen molar-refractivity contribution in [3.63, 3.8) is 0 Å². The first-order valence-corrected chi connectivity index (χ1v) is 15.2. The van der Waals surface area contributed by atoms with E-state index in [2.05, 4.69) is 47.8 Å². The largest absolute Gasteiger partial charge is 0.492 e. The highest BCUT2D eigenvalue weighted by atomic mass is 79.9. The Bertz CT molecular complexity index is 929. The number of benzene rings is 3. The first-order chi connectivity index (χ1) is 15.7. The van der Waals surface area contributed by atoms with E-state index in [9.17, 15) is 0 Å². The molecule has 0 aromatic heterocycles. The molecule has 32 heavy (non-hydrogen) atoms. The third-order valence-electron chi connectivity index (χ3n) is 4.62. The predicted molar refractivity (Wildman–Crippen MR) is 144 cm³/mol. The summed E-state index contributed by atoms with van der Waals surface area (Å²) in [7, 11) is -3.43. The van der Waals surface area contributed by atoms with Gasteiger partial charge >= 0.3 is 0 Å². The molecule has 170 valence electrons. The van der Waals surface area contributed by atoms with E-state index in [0.717, 1.165) is 0 Å². The minimum absolute atomic E-state index is 0.459. The highest BCUT2D eigenvalue weighted by Crippen LogP contribution is 2.49. The van der Waals surface area contributed by atoms with Gasteiger partial charge in [0.1, 0.15) is 17.2 Å². The number of hydrogen-bond acceptors (Lipinski definition) is 4. The second-order valence-electron chi connectivity index (χ2n) is 6.62. The van der Waals surface area contributed by atoms with Crippen molar-refractivity contribution in [2.75, 3.05) is 35.8 Å². The average molecular weight is 647 g/mol. The number of ether oxygens (including phenoxy) is 3. The van der Waals surface area contributed by atoms with Gasteiger partial charge in [0.15, 0.2) is 7.14 Å². The van der Waals surface area contributed by atoms with Crippen molar-refractivity contribution in [2.45, 2.75) is 0 Å². The molecular formula is C24H24Br3O4P. The number of hydrogen-bond donors (Lipinski definition) is 0. The molecule has 4 nitrogen and oxygen atoms in total. The molecule has 0 saturated carbocycles. The van der Waals surface area contributed by atoms with E-state index < -0.39 is 7.14 Å². The molecule has 8 heteroatoms. The molecule has 0 bridgehead atoms. The number of para-hydroxylation sites is 3. The summed E-state index contributed by atoms with van der Waals surface area (Å²) in [6.45, 7) is 1.38. The van der Waals surface area contributed by atoms with Gasteiger partial charge in [-0.05, 0) is 36.4 Å². The Morgan fingerprint density at radius 1 is 0.531 bits per heavy atom. The summed E-state index contributed by atoms with van der Waals surface area (Å²) in [5.41, 5.74) is 0. The normalized spacial score (nSPS) is 11.2. The molecule has 0 saturated heterocycles. The third-order valence-corrected chi connectivity index (χ3v) is 8.73. The summed E-state index contributed by atoms with van der Waals surface area (Å²) in [6.07, 6.45) is 0. The first-order valence-electron chi connectivity index (χ1n) is 10.1. The molecule has 0 radical (unpaired) electrons. The molecule has 3 aromatic carbocycles. The zero-order valence-corrected chi connectivity index (χ0v) is 23.0. The van der Waals surface area contributed by atoms with E-state index in [0.29, 0.717) is 69.0 Å². The predicted octanol–water partition coefficient (Wildman–Crippen LogP) is 5.65. The van der Waals surface area contributed by atoms with Crippen LogP contribution < -0.4 is 30.1 Å². The lowest BCUT2D eigenvalue weighted by Crippen LogP contribution is -2.29. The Morgan fingerprint density at radius 2 is 0.812 bits per heavy atom. The highest BCUT2D eigenvalue weighted by Gasteiger charge is 2.37. The standard InChI is InChI=1S/C24H24Br3O4P/c25-13-16-29-19-7-1-4-10-22(19)32(28,23-11-5-2-8-20(23)30-17-14-26)24-12-6-3-9-21(24)31-18-15-27/h1-12H,13-18H2. The lowest BCUT2D eigenvalue weighted by molar-refractivity contribution is 0.346. The van der Waals surface area contributed by atoms with Crippen LogP contribution >= 0.6 is 54.9 Å². The molecular weight excluding hydrogens is 623 g/mol. The van der Waals surface area contributed by atoms with Crippen molar-refractivity contribution in [3.05, 3.63) is 72.8 Å². The van der Waals surface area contributed by atoms with E-state index >= 15 is 4.57 Å². The Kier molecular flexibility index (Phi) is 10.2. The molecule has 0 amide bonds.